The lowest BCUT2D eigenvalue weighted by atomic mass is 9.92. The van der Waals surface area contributed by atoms with Crippen molar-refractivity contribution in [3.63, 3.8) is 0 Å². The molecule has 1 heteroatoms. The molecule has 1 unspecified atom stereocenters. The number of hydrogen-bond donors (Lipinski definition) is 1. The molecule has 1 saturated carbocycles. The van der Waals surface area contributed by atoms with Gasteiger partial charge < -0.3 is 5.32 Å². The van der Waals surface area contributed by atoms with E-state index in [-0.39, 0.29) is 0 Å². The molecule has 1 nitrogen and oxygen atoms in total. The molecule has 1 aromatic carbocycles. The van der Waals surface area contributed by atoms with E-state index in [1.54, 1.807) is 5.56 Å². The zero-order valence-electron chi connectivity index (χ0n) is 9.37. The third kappa shape index (κ3) is 1.59. The van der Waals surface area contributed by atoms with Crippen LogP contribution in [0.25, 0.3) is 0 Å². The summed E-state index contributed by atoms with van der Waals surface area (Å²) in [5.74, 6) is 2.74. The second-order valence-corrected chi connectivity index (χ2v) is 5.20. The van der Waals surface area contributed by atoms with Crippen LogP contribution in [0, 0.1) is 18.8 Å². The first kappa shape index (κ1) is 9.41. The molecule has 1 heterocycles. The summed E-state index contributed by atoms with van der Waals surface area (Å²) in [5.41, 5.74) is 3.09. The standard InChI is InChI=1S/C14H19N/c1-10-4-2-3-5-14(10)11-6-12-8-15-9-13(12)7-11/h2-5,11-13,15H,6-9H2,1H3/t11?,12-,13+. The van der Waals surface area contributed by atoms with Crippen molar-refractivity contribution in [1.82, 2.24) is 5.32 Å². The van der Waals surface area contributed by atoms with Crippen LogP contribution in [0.5, 0.6) is 0 Å². The summed E-state index contributed by atoms with van der Waals surface area (Å²) in [6, 6.07) is 8.92. The third-order valence-electron chi connectivity index (χ3n) is 4.28. The van der Waals surface area contributed by atoms with Crippen molar-refractivity contribution in [3.05, 3.63) is 35.4 Å². The Kier molecular flexibility index (Phi) is 2.28. The Morgan fingerprint density at radius 2 is 1.73 bits per heavy atom. The zero-order chi connectivity index (χ0) is 10.3. The van der Waals surface area contributed by atoms with Crippen molar-refractivity contribution in [2.24, 2.45) is 11.8 Å². The molecule has 1 aromatic rings. The Morgan fingerprint density at radius 3 is 2.40 bits per heavy atom. The molecular formula is C14H19N. The first-order valence-electron chi connectivity index (χ1n) is 6.11. The lowest BCUT2D eigenvalue weighted by molar-refractivity contribution is 0.494. The smallest absolute Gasteiger partial charge is 0.00171 e. The lowest BCUT2D eigenvalue weighted by Gasteiger charge is -2.14. The molecule has 80 valence electrons. The summed E-state index contributed by atoms with van der Waals surface area (Å²) in [4.78, 5) is 0. The minimum absolute atomic E-state index is 0.836. The summed E-state index contributed by atoms with van der Waals surface area (Å²) in [6.07, 6.45) is 2.81. The number of hydrogen-bond acceptors (Lipinski definition) is 1. The number of fused-ring (bicyclic) bond motifs is 1. The molecule has 1 aliphatic heterocycles. The van der Waals surface area contributed by atoms with Gasteiger partial charge in [-0.1, -0.05) is 24.3 Å². The van der Waals surface area contributed by atoms with Gasteiger partial charge in [0.1, 0.15) is 0 Å². The van der Waals surface area contributed by atoms with Gasteiger partial charge in [0, 0.05) is 0 Å². The maximum atomic E-state index is 3.51. The van der Waals surface area contributed by atoms with E-state index in [0.717, 1.165) is 17.8 Å². The summed E-state index contributed by atoms with van der Waals surface area (Å²) in [5, 5.41) is 3.51. The quantitative estimate of drug-likeness (QED) is 0.736. The van der Waals surface area contributed by atoms with Gasteiger partial charge in [-0.25, -0.2) is 0 Å². The van der Waals surface area contributed by atoms with Crippen LogP contribution in [0.4, 0.5) is 0 Å². The Morgan fingerprint density at radius 1 is 1.07 bits per heavy atom. The van der Waals surface area contributed by atoms with Crippen molar-refractivity contribution in [3.8, 4) is 0 Å². The summed E-state index contributed by atoms with van der Waals surface area (Å²) in [7, 11) is 0. The van der Waals surface area contributed by atoms with Gasteiger partial charge in [0.25, 0.3) is 0 Å². The Balaban J connectivity index is 1.82. The van der Waals surface area contributed by atoms with Crippen LogP contribution in [0.15, 0.2) is 24.3 Å². The maximum absolute atomic E-state index is 3.51. The van der Waals surface area contributed by atoms with Crippen molar-refractivity contribution in [1.29, 1.82) is 0 Å². The Bertz CT molecular complexity index is 346. The molecule has 2 aliphatic rings. The van der Waals surface area contributed by atoms with E-state index in [1.165, 1.54) is 31.5 Å². The van der Waals surface area contributed by atoms with E-state index in [1.807, 2.05) is 0 Å². The second-order valence-electron chi connectivity index (χ2n) is 5.20. The first-order chi connectivity index (χ1) is 7.34. The molecular weight excluding hydrogens is 182 g/mol. The highest BCUT2D eigenvalue weighted by Crippen LogP contribution is 2.44. The minimum atomic E-state index is 0.836. The molecule has 15 heavy (non-hydrogen) atoms. The molecule has 0 aromatic heterocycles. The fourth-order valence-corrected chi connectivity index (χ4v) is 3.46. The Hall–Kier alpha value is -0.820. The SMILES string of the molecule is Cc1ccccc1C1C[C@H]2CNC[C@H]2C1. The van der Waals surface area contributed by atoms with E-state index in [2.05, 4.69) is 36.5 Å². The topological polar surface area (TPSA) is 12.0 Å². The molecule has 1 saturated heterocycles. The van der Waals surface area contributed by atoms with E-state index < -0.39 is 0 Å². The molecule has 1 aliphatic carbocycles. The number of aryl methyl sites for hydroxylation is 1. The third-order valence-corrected chi connectivity index (χ3v) is 4.28. The zero-order valence-corrected chi connectivity index (χ0v) is 9.37. The lowest BCUT2D eigenvalue weighted by Crippen LogP contribution is -2.11. The van der Waals surface area contributed by atoms with Crippen LogP contribution in [0.3, 0.4) is 0 Å². The van der Waals surface area contributed by atoms with Crippen LogP contribution < -0.4 is 5.32 Å². The van der Waals surface area contributed by atoms with Crippen molar-refractivity contribution < 1.29 is 0 Å². The second kappa shape index (κ2) is 3.64. The monoisotopic (exact) mass is 201 g/mol. The van der Waals surface area contributed by atoms with Crippen molar-refractivity contribution in [2.75, 3.05) is 13.1 Å². The highest BCUT2D eigenvalue weighted by Gasteiger charge is 2.37. The summed E-state index contributed by atoms with van der Waals surface area (Å²) in [6.45, 7) is 4.77. The van der Waals surface area contributed by atoms with Gasteiger partial charge in [-0.3, -0.25) is 0 Å². The van der Waals surface area contributed by atoms with E-state index in [9.17, 15) is 0 Å². The molecule has 3 atom stereocenters. The average Bonchev–Trinajstić information content (AvgIpc) is 2.77. The molecule has 0 amide bonds. The number of rotatable bonds is 1. The fraction of sp³-hybridized carbons (Fsp3) is 0.571. The average molecular weight is 201 g/mol. The van der Waals surface area contributed by atoms with Crippen LogP contribution in [-0.4, -0.2) is 13.1 Å². The summed E-state index contributed by atoms with van der Waals surface area (Å²) >= 11 is 0. The van der Waals surface area contributed by atoms with Crippen molar-refractivity contribution >= 4 is 0 Å². The molecule has 3 rings (SSSR count). The highest BCUT2D eigenvalue weighted by molar-refractivity contribution is 5.30. The number of benzene rings is 1. The van der Waals surface area contributed by atoms with Gasteiger partial charge in [-0.2, -0.15) is 0 Å². The van der Waals surface area contributed by atoms with Crippen LogP contribution in [0.2, 0.25) is 0 Å². The number of nitrogens with one attached hydrogen (secondary N) is 1. The Labute approximate surface area is 91.9 Å². The molecule has 0 bridgehead atoms. The predicted molar refractivity (Wildman–Crippen MR) is 63.0 cm³/mol. The fourth-order valence-electron chi connectivity index (χ4n) is 3.46. The first-order valence-corrected chi connectivity index (χ1v) is 6.11. The predicted octanol–water partition coefficient (Wildman–Crippen LogP) is 2.71. The maximum Gasteiger partial charge on any atom is -0.00171 e. The van der Waals surface area contributed by atoms with E-state index in [0.29, 0.717) is 0 Å². The van der Waals surface area contributed by atoms with E-state index >= 15 is 0 Å². The van der Waals surface area contributed by atoms with Crippen LogP contribution in [-0.2, 0) is 0 Å². The molecule has 1 N–H and O–H groups in total. The van der Waals surface area contributed by atoms with Gasteiger partial charge in [0.2, 0.25) is 0 Å². The normalized spacial score (nSPS) is 34.3. The molecule has 2 fully saturated rings. The summed E-state index contributed by atoms with van der Waals surface area (Å²) < 4.78 is 0. The van der Waals surface area contributed by atoms with Crippen LogP contribution >= 0.6 is 0 Å². The van der Waals surface area contributed by atoms with Gasteiger partial charge in [0.05, 0.1) is 0 Å². The largest absolute Gasteiger partial charge is 0.316 e. The van der Waals surface area contributed by atoms with Crippen molar-refractivity contribution in [2.45, 2.75) is 25.7 Å². The van der Waals surface area contributed by atoms with Gasteiger partial charge in [0.15, 0.2) is 0 Å². The van der Waals surface area contributed by atoms with Gasteiger partial charge in [-0.15, -0.1) is 0 Å². The van der Waals surface area contributed by atoms with Gasteiger partial charge in [-0.05, 0) is 61.7 Å². The van der Waals surface area contributed by atoms with Crippen LogP contribution in [0.1, 0.15) is 29.9 Å². The molecule has 0 radical (unpaired) electrons. The van der Waals surface area contributed by atoms with E-state index in [4.69, 9.17) is 0 Å². The minimum Gasteiger partial charge on any atom is -0.316 e. The highest BCUT2D eigenvalue weighted by atomic mass is 14.9. The molecule has 0 spiro atoms. The van der Waals surface area contributed by atoms with Gasteiger partial charge >= 0.3 is 0 Å².